The summed E-state index contributed by atoms with van der Waals surface area (Å²) in [6.07, 6.45) is 0. The molecule has 29 heavy (non-hydrogen) atoms. The highest BCUT2D eigenvalue weighted by Crippen LogP contribution is 2.35. The summed E-state index contributed by atoms with van der Waals surface area (Å²) < 4.78 is 13.4. The summed E-state index contributed by atoms with van der Waals surface area (Å²) in [6.45, 7) is 3.65. The van der Waals surface area contributed by atoms with Gasteiger partial charge in [0.1, 0.15) is 5.56 Å². The fraction of sp³-hybridized carbons (Fsp3) is 0.136. The topological polar surface area (TPSA) is 86.5 Å². The van der Waals surface area contributed by atoms with E-state index in [9.17, 15) is 19.5 Å². The molecule has 1 unspecified atom stereocenters. The van der Waals surface area contributed by atoms with Crippen LogP contribution in [-0.4, -0.2) is 22.4 Å². The van der Waals surface area contributed by atoms with Crippen molar-refractivity contribution in [2.75, 3.05) is 11.9 Å². The number of nitrogens with zero attached hydrogens (tertiary/aromatic N) is 2. The smallest absolute Gasteiger partial charge is 0.325 e. The molecule has 0 saturated heterocycles. The lowest BCUT2D eigenvalue weighted by Gasteiger charge is -2.21. The van der Waals surface area contributed by atoms with Gasteiger partial charge in [0.15, 0.2) is 4.90 Å². The van der Waals surface area contributed by atoms with Gasteiger partial charge in [0.25, 0.3) is 5.91 Å². The Morgan fingerprint density at radius 1 is 0.931 bits per heavy atom. The summed E-state index contributed by atoms with van der Waals surface area (Å²) in [5, 5.41) is 11.7. The van der Waals surface area contributed by atoms with Gasteiger partial charge < -0.3 is 9.45 Å². The molecule has 7 heteroatoms. The van der Waals surface area contributed by atoms with Gasteiger partial charge in [-0.05, 0) is 37.6 Å². The standard InChI is InChI=1S/C22H20N2O4S/c1-15-9-4-6-12-18(15)23(3)22(25)17-11-8-13-19(24(26)27)21(17)29(28)20-14-7-5-10-16(20)2/h4-14H,1-3H3. The summed E-state index contributed by atoms with van der Waals surface area (Å²) in [5.74, 6) is -0.458. The molecule has 3 rings (SSSR count). The summed E-state index contributed by atoms with van der Waals surface area (Å²) in [5.41, 5.74) is 2.00. The van der Waals surface area contributed by atoms with Crippen molar-refractivity contribution in [2.24, 2.45) is 0 Å². The van der Waals surface area contributed by atoms with Gasteiger partial charge in [0, 0.05) is 35.5 Å². The number of carbonyl (C=O) groups is 1. The predicted molar refractivity (Wildman–Crippen MR) is 113 cm³/mol. The van der Waals surface area contributed by atoms with Gasteiger partial charge in [-0.1, -0.05) is 42.5 Å². The fourth-order valence-corrected chi connectivity index (χ4v) is 4.61. The van der Waals surface area contributed by atoms with E-state index in [1.165, 1.54) is 23.1 Å². The first-order valence-corrected chi connectivity index (χ1v) is 10.1. The van der Waals surface area contributed by atoms with Gasteiger partial charge in [-0.2, -0.15) is 0 Å². The zero-order chi connectivity index (χ0) is 21.1. The molecule has 1 amide bonds. The van der Waals surface area contributed by atoms with E-state index in [4.69, 9.17) is 0 Å². The summed E-state index contributed by atoms with van der Waals surface area (Å²) >= 11 is -1.89. The maximum absolute atomic E-state index is 13.4. The zero-order valence-electron chi connectivity index (χ0n) is 16.3. The Morgan fingerprint density at radius 2 is 1.55 bits per heavy atom. The zero-order valence-corrected chi connectivity index (χ0v) is 17.1. The van der Waals surface area contributed by atoms with Crippen molar-refractivity contribution in [2.45, 2.75) is 23.6 Å². The van der Waals surface area contributed by atoms with Gasteiger partial charge in [-0.15, -0.1) is 0 Å². The van der Waals surface area contributed by atoms with E-state index in [0.717, 1.165) is 11.1 Å². The maximum Gasteiger partial charge on any atom is 0.325 e. The van der Waals surface area contributed by atoms with Crippen molar-refractivity contribution in [1.29, 1.82) is 0 Å². The second-order valence-corrected chi connectivity index (χ2v) is 7.98. The van der Waals surface area contributed by atoms with E-state index >= 15 is 0 Å². The molecule has 3 aromatic carbocycles. The van der Waals surface area contributed by atoms with Crippen LogP contribution in [0.1, 0.15) is 21.5 Å². The molecule has 0 heterocycles. The number of amides is 1. The molecule has 0 aliphatic carbocycles. The average molecular weight is 408 g/mol. The van der Waals surface area contributed by atoms with Gasteiger partial charge in [0.2, 0.25) is 4.90 Å². The van der Waals surface area contributed by atoms with Crippen LogP contribution in [0.25, 0.3) is 0 Å². The highest BCUT2D eigenvalue weighted by molar-refractivity contribution is 7.91. The Hall–Kier alpha value is -3.16. The van der Waals surface area contributed by atoms with Crippen molar-refractivity contribution >= 4 is 28.5 Å². The third kappa shape index (κ3) is 4.01. The van der Waals surface area contributed by atoms with E-state index in [2.05, 4.69) is 0 Å². The Morgan fingerprint density at radius 3 is 2.17 bits per heavy atom. The monoisotopic (exact) mass is 408 g/mol. The molecule has 1 atom stereocenters. The molecular formula is C22H20N2O4S. The second kappa shape index (κ2) is 8.46. The molecule has 0 fully saturated rings. The lowest BCUT2D eigenvalue weighted by atomic mass is 10.1. The van der Waals surface area contributed by atoms with E-state index < -0.39 is 22.0 Å². The van der Waals surface area contributed by atoms with Crippen LogP contribution in [0.15, 0.2) is 76.5 Å². The molecule has 0 spiro atoms. The second-order valence-electron chi connectivity index (χ2n) is 6.60. The summed E-state index contributed by atoms with van der Waals surface area (Å²) in [7, 11) is 1.60. The normalized spacial score (nSPS) is 11.7. The highest BCUT2D eigenvalue weighted by atomic mass is 32.2. The van der Waals surface area contributed by atoms with Crippen LogP contribution in [0, 0.1) is 24.0 Å². The highest BCUT2D eigenvalue weighted by Gasteiger charge is 2.35. The van der Waals surface area contributed by atoms with Crippen molar-refractivity contribution in [1.82, 2.24) is 0 Å². The number of nitro groups is 1. The quantitative estimate of drug-likeness (QED) is 0.349. The molecule has 0 aliphatic heterocycles. The number of hydrogen-bond donors (Lipinski definition) is 0. The first-order valence-electron chi connectivity index (χ1n) is 8.91. The Balaban J connectivity index is 2.16. The van der Waals surface area contributed by atoms with Crippen LogP contribution in [0.3, 0.4) is 0 Å². The van der Waals surface area contributed by atoms with Crippen molar-refractivity contribution in [3.8, 4) is 0 Å². The lowest BCUT2D eigenvalue weighted by molar-refractivity contribution is -0.387. The number of aryl methyl sites for hydroxylation is 2. The van der Waals surface area contributed by atoms with Gasteiger partial charge in [-0.25, -0.2) is 0 Å². The first kappa shape index (κ1) is 20.6. The maximum atomic E-state index is 13.4. The Labute approximate surface area is 172 Å². The fourth-order valence-electron chi connectivity index (χ4n) is 3.14. The van der Waals surface area contributed by atoms with Gasteiger partial charge in [-0.3, -0.25) is 14.9 Å². The van der Waals surface area contributed by atoms with E-state index in [0.29, 0.717) is 10.6 Å². The Bertz CT molecular complexity index is 1080. The van der Waals surface area contributed by atoms with Gasteiger partial charge >= 0.3 is 5.69 Å². The summed E-state index contributed by atoms with van der Waals surface area (Å²) in [4.78, 5) is 26.1. The van der Waals surface area contributed by atoms with Crippen LogP contribution in [0.5, 0.6) is 0 Å². The van der Waals surface area contributed by atoms with Crippen LogP contribution in [-0.2, 0) is 11.2 Å². The molecule has 6 nitrogen and oxygen atoms in total. The lowest BCUT2D eigenvalue weighted by Crippen LogP contribution is -2.29. The molecule has 0 aliphatic rings. The largest absolute Gasteiger partial charge is 0.606 e. The number of benzene rings is 3. The van der Waals surface area contributed by atoms with Crippen LogP contribution in [0.2, 0.25) is 0 Å². The van der Waals surface area contributed by atoms with Crippen LogP contribution >= 0.6 is 0 Å². The van der Waals surface area contributed by atoms with Crippen LogP contribution in [0.4, 0.5) is 11.4 Å². The molecule has 0 radical (unpaired) electrons. The van der Waals surface area contributed by atoms with Crippen molar-refractivity contribution in [3.05, 3.63) is 93.5 Å². The third-order valence-electron chi connectivity index (χ3n) is 4.68. The molecular weight excluding hydrogens is 388 g/mol. The van der Waals surface area contributed by atoms with Crippen molar-refractivity contribution < 1.29 is 14.3 Å². The molecule has 0 bridgehead atoms. The molecule has 0 N–H and O–H groups in total. The minimum atomic E-state index is -1.89. The van der Waals surface area contributed by atoms with E-state index in [1.807, 2.05) is 25.1 Å². The number of carbonyl (C=O) groups excluding carboxylic acids is 1. The van der Waals surface area contributed by atoms with E-state index in [-0.39, 0.29) is 16.1 Å². The molecule has 0 saturated carbocycles. The molecule has 0 aromatic heterocycles. The van der Waals surface area contributed by atoms with Crippen molar-refractivity contribution in [3.63, 3.8) is 0 Å². The summed E-state index contributed by atoms with van der Waals surface area (Å²) in [6, 6.07) is 18.5. The third-order valence-corrected chi connectivity index (χ3v) is 6.34. The minimum absolute atomic E-state index is 0.0477. The van der Waals surface area contributed by atoms with E-state index in [1.54, 1.807) is 44.3 Å². The Kier molecular flexibility index (Phi) is 6.00. The average Bonchev–Trinajstić information content (AvgIpc) is 2.72. The number of nitro benzene ring substituents is 1. The minimum Gasteiger partial charge on any atom is -0.606 e. The molecule has 3 aromatic rings. The number of anilines is 1. The number of rotatable bonds is 5. The first-order chi connectivity index (χ1) is 13.8. The predicted octanol–water partition coefficient (Wildman–Crippen LogP) is 4.65. The SMILES string of the molecule is Cc1ccccc1N(C)C(=O)c1cccc([N+](=O)[O-])c1[S+]([O-])c1ccccc1C. The number of hydrogen-bond acceptors (Lipinski definition) is 4. The van der Waals surface area contributed by atoms with Crippen LogP contribution < -0.4 is 4.90 Å². The number of para-hydroxylation sites is 1. The molecule has 148 valence electrons. The van der Waals surface area contributed by atoms with Gasteiger partial charge in [0.05, 0.1) is 4.92 Å².